The highest BCUT2D eigenvalue weighted by molar-refractivity contribution is 4.92. The molecule has 0 radical (unpaired) electrons. The second-order valence-electron chi connectivity index (χ2n) is 3.12. The van der Waals surface area contributed by atoms with Gasteiger partial charge < -0.3 is 25.8 Å². The van der Waals surface area contributed by atoms with Crippen molar-refractivity contribution in [1.82, 2.24) is 0 Å². The van der Waals surface area contributed by atoms with Gasteiger partial charge in [0, 0.05) is 0 Å². The van der Waals surface area contributed by atoms with E-state index in [0.717, 1.165) is 0 Å². The molecule has 0 spiro atoms. The highest BCUT2D eigenvalue weighted by Gasteiger charge is 2.39. The lowest BCUT2D eigenvalue weighted by atomic mass is 9.94. The average molecular weight is 177 g/mol. The molecule has 5 unspecified atom stereocenters. The molecule has 0 aromatic rings. The Bertz CT molecular complexity index is 150. The van der Waals surface area contributed by atoms with Gasteiger partial charge in [0.05, 0.1) is 24.9 Å². The van der Waals surface area contributed by atoms with Crippen molar-refractivity contribution in [2.75, 3.05) is 6.61 Å². The van der Waals surface area contributed by atoms with Crippen LogP contribution in [0.2, 0.25) is 0 Å². The third-order valence-electron chi connectivity index (χ3n) is 2.22. The monoisotopic (exact) mass is 177 g/mol. The van der Waals surface area contributed by atoms with Crippen LogP contribution >= 0.6 is 0 Å². The summed E-state index contributed by atoms with van der Waals surface area (Å²) in [7, 11) is 0. The summed E-state index contributed by atoms with van der Waals surface area (Å²) in [4.78, 5) is 0. The van der Waals surface area contributed by atoms with Crippen LogP contribution in [0.25, 0.3) is 0 Å². The third-order valence-corrected chi connectivity index (χ3v) is 2.22. The van der Waals surface area contributed by atoms with Crippen molar-refractivity contribution in [3.8, 4) is 0 Å². The molecule has 72 valence electrons. The summed E-state index contributed by atoms with van der Waals surface area (Å²) in [5, 5.41) is 27.5. The Hall–Kier alpha value is -0.200. The second kappa shape index (κ2) is 3.68. The second-order valence-corrected chi connectivity index (χ2v) is 3.12. The Morgan fingerprint density at radius 2 is 1.92 bits per heavy atom. The first-order chi connectivity index (χ1) is 5.57. The molecule has 5 atom stereocenters. The van der Waals surface area contributed by atoms with Crippen molar-refractivity contribution < 1.29 is 20.1 Å². The predicted molar refractivity (Wildman–Crippen MR) is 41.4 cm³/mol. The summed E-state index contributed by atoms with van der Waals surface area (Å²) >= 11 is 0. The van der Waals surface area contributed by atoms with E-state index < -0.39 is 30.5 Å². The van der Waals surface area contributed by atoms with E-state index >= 15 is 0 Å². The minimum atomic E-state index is -0.999. The zero-order valence-corrected chi connectivity index (χ0v) is 6.92. The molecule has 0 saturated carbocycles. The predicted octanol–water partition coefficient (Wildman–Crippen LogP) is -2.18. The quantitative estimate of drug-likeness (QED) is 0.365. The van der Waals surface area contributed by atoms with Crippen LogP contribution in [0.1, 0.15) is 6.92 Å². The average Bonchev–Trinajstić information content (AvgIpc) is 2.08. The van der Waals surface area contributed by atoms with Crippen molar-refractivity contribution in [3.05, 3.63) is 0 Å². The minimum Gasteiger partial charge on any atom is -0.394 e. The molecule has 0 aliphatic carbocycles. The number of ether oxygens (including phenoxy) is 1. The van der Waals surface area contributed by atoms with Gasteiger partial charge >= 0.3 is 0 Å². The molecule has 1 saturated heterocycles. The van der Waals surface area contributed by atoms with Crippen LogP contribution in [-0.2, 0) is 4.74 Å². The molecule has 12 heavy (non-hydrogen) atoms. The van der Waals surface area contributed by atoms with Gasteiger partial charge in [0.2, 0.25) is 0 Å². The summed E-state index contributed by atoms with van der Waals surface area (Å²) < 4.78 is 5.10. The zero-order chi connectivity index (χ0) is 9.30. The van der Waals surface area contributed by atoms with Gasteiger partial charge in [-0.25, -0.2) is 0 Å². The fraction of sp³-hybridized carbons (Fsp3) is 1.00. The molecule has 1 aliphatic rings. The van der Waals surface area contributed by atoms with Gasteiger partial charge in [-0.15, -0.1) is 0 Å². The Morgan fingerprint density at radius 1 is 1.33 bits per heavy atom. The molecular weight excluding hydrogens is 162 g/mol. The summed E-state index contributed by atoms with van der Waals surface area (Å²) in [5.74, 6) is 0. The lowest BCUT2D eigenvalue weighted by molar-refractivity contribution is -0.182. The van der Waals surface area contributed by atoms with E-state index in [0.29, 0.717) is 0 Å². The van der Waals surface area contributed by atoms with Gasteiger partial charge in [-0.05, 0) is 6.92 Å². The Morgan fingerprint density at radius 3 is 2.42 bits per heavy atom. The van der Waals surface area contributed by atoms with Gasteiger partial charge in [-0.3, -0.25) is 0 Å². The highest BCUT2D eigenvalue weighted by atomic mass is 16.5. The third kappa shape index (κ3) is 1.60. The van der Waals surface area contributed by atoms with Gasteiger partial charge in [-0.1, -0.05) is 0 Å². The number of aliphatic hydroxyl groups is 3. The molecule has 0 aromatic heterocycles. The van der Waals surface area contributed by atoms with E-state index in [4.69, 9.17) is 15.6 Å². The topological polar surface area (TPSA) is 95.9 Å². The van der Waals surface area contributed by atoms with Gasteiger partial charge in [0.15, 0.2) is 0 Å². The lowest BCUT2D eigenvalue weighted by Gasteiger charge is -2.39. The Labute approximate surface area is 70.8 Å². The lowest BCUT2D eigenvalue weighted by Crippen LogP contribution is -2.61. The van der Waals surface area contributed by atoms with Crippen molar-refractivity contribution in [3.63, 3.8) is 0 Å². The van der Waals surface area contributed by atoms with E-state index in [9.17, 15) is 10.2 Å². The highest BCUT2D eigenvalue weighted by Crippen LogP contribution is 2.18. The van der Waals surface area contributed by atoms with Gasteiger partial charge in [0.1, 0.15) is 12.2 Å². The molecule has 0 bridgehead atoms. The maximum Gasteiger partial charge on any atom is 0.108 e. The molecule has 0 aromatic carbocycles. The van der Waals surface area contributed by atoms with Crippen molar-refractivity contribution in [1.29, 1.82) is 0 Å². The van der Waals surface area contributed by atoms with E-state index in [2.05, 4.69) is 0 Å². The van der Waals surface area contributed by atoms with Gasteiger partial charge in [0.25, 0.3) is 0 Å². The first-order valence-corrected chi connectivity index (χ1v) is 3.96. The SMILES string of the molecule is CC1OC(CO)C(O)C(N)C1O. The van der Waals surface area contributed by atoms with E-state index in [-0.39, 0.29) is 6.61 Å². The van der Waals surface area contributed by atoms with E-state index in [1.807, 2.05) is 0 Å². The summed E-state index contributed by atoms with van der Waals surface area (Å²) in [6, 6.07) is -0.745. The Balaban J connectivity index is 2.63. The standard InChI is InChI=1S/C7H15NO4/c1-3-6(10)5(8)7(11)4(2-9)12-3/h3-7,9-11H,2,8H2,1H3. The van der Waals surface area contributed by atoms with E-state index in [1.54, 1.807) is 6.92 Å². The smallest absolute Gasteiger partial charge is 0.108 e. The van der Waals surface area contributed by atoms with Crippen molar-refractivity contribution >= 4 is 0 Å². The van der Waals surface area contributed by atoms with E-state index in [1.165, 1.54) is 0 Å². The van der Waals surface area contributed by atoms with Crippen LogP contribution < -0.4 is 5.73 Å². The number of hydrogen-bond donors (Lipinski definition) is 4. The molecule has 1 aliphatic heterocycles. The first-order valence-electron chi connectivity index (χ1n) is 3.96. The molecule has 5 heteroatoms. The molecule has 1 fully saturated rings. The fourth-order valence-corrected chi connectivity index (χ4v) is 1.35. The molecule has 5 nitrogen and oxygen atoms in total. The summed E-state index contributed by atoms with van der Waals surface area (Å²) in [6.45, 7) is 1.37. The molecule has 0 amide bonds. The summed E-state index contributed by atoms with van der Waals surface area (Å²) in [6.07, 6.45) is -3.00. The van der Waals surface area contributed by atoms with Gasteiger partial charge in [-0.2, -0.15) is 0 Å². The van der Waals surface area contributed by atoms with Crippen LogP contribution in [0, 0.1) is 0 Å². The number of aliphatic hydroxyl groups excluding tert-OH is 3. The Kier molecular flexibility index (Phi) is 3.03. The van der Waals surface area contributed by atoms with Crippen molar-refractivity contribution in [2.24, 2.45) is 5.73 Å². The fourth-order valence-electron chi connectivity index (χ4n) is 1.35. The number of nitrogens with two attached hydrogens (primary N) is 1. The van der Waals surface area contributed by atoms with Crippen LogP contribution in [0.5, 0.6) is 0 Å². The number of rotatable bonds is 1. The van der Waals surface area contributed by atoms with Crippen LogP contribution in [-0.4, -0.2) is 52.4 Å². The zero-order valence-electron chi connectivity index (χ0n) is 6.92. The normalized spacial score (nSPS) is 49.2. The largest absolute Gasteiger partial charge is 0.394 e. The van der Waals surface area contributed by atoms with Crippen LogP contribution in [0.4, 0.5) is 0 Å². The van der Waals surface area contributed by atoms with Crippen LogP contribution in [0.3, 0.4) is 0 Å². The molecule has 1 rings (SSSR count). The molecule has 5 N–H and O–H groups in total. The maximum absolute atomic E-state index is 9.36. The van der Waals surface area contributed by atoms with Crippen molar-refractivity contribution in [2.45, 2.75) is 37.4 Å². The number of hydrogen-bond acceptors (Lipinski definition) is 5. The summed E-state index contributed by atoms with van der Waals surface area (Å²) in [5.41, 5.74) is 5.49. The molecule has 1 heterocycles. The van der Waals surface area contributed by atoms with Crippen LogP contribution in [0.15, 0.2) is 0 Å². The first kappa shape index (κ1) is 9.88. The molecular formula is C7H15NO4. The minimum absolute atomic E-state index is 0.286. The maximum atomic E-state index is 9.36.